The highest BCUT2D eigenvalue weighted by Gasteiger charge is 2.22. The second kappa shape index (κ2) is 9.09. The quantitative estimate of drug-likeness (QED) is 0.861. The van der Waals surface area contributed by atoms with Gasteiger partial charge in [-0.25, -0.2) is 4.39 Å². The van der Waals surface area contributed by atoms with Crippen LogP contribution in [0.3, 0.4) is 0 Å². The average molecular weight is 362 g/mol. The van der Waals surface area contributed by atoms with Crippen molar-refractivity contribution in [2.75, 3.05) is 58.9 Å². The van der Waals surface area contributed by atoms with Crippen molar-refractivity contribution >= 4 is 11.8 Å². The molecule has 2 saturated heterocycles. The van der Waals surface area contributed by atoms with Gasteiger partial charge in [0.2, 0.25) is 5.91 Å². The Morgan fingerprint density at radius 2 is 1.81 bits per heavy atom. The summed E-state index contributed by atoms with van der Waals surface area (Å²) in [6, 6.07) is 5.85. The van der Waals surface area contributed by atoms with Gasteiger partial charge in [-0.1, -0.05) is 6.07 Å². The second-order valence-corrected chi connectivity index (χ2v) is 6.88. The molecule has 0 radical (unpaired) electrons. The molecule has 0 atom stereocenters. The van der Waals surface area contributed by atoms with Gasteiger partial charge in [-0.3, -0.25) is 9.59 Å². The first kappa shape index (κ1) is 18.8. The minimum atomic E-state index is -0.390. The molecule has 1 N–H and O–H groups in total. The molecule has 26 heavy (non-hydrogen) atoms. The topological polar surface area (TPSA) is 55.9 Å². The lowest BCUT2D eigenvalue weighted by molar-refractivity contribution is -0.132. The summed E-state index contributed by atoms with van der Waals surface area (Å²) in [5.74, 6) is -0.301. The standard InChI is InChI=1S/C19H27FN4O2/c20-17-4-1-3-16(15-17)19(26)24-9-2-8-22(13-14-24)10-5-18(25)23-11-6-21-7-12-23/h1,3-4,15,21H,2,5-14H2. The van der Waals surface area contributed by atoms with Crippen LogP contribution < -0.4 is 5.32 Å². The van der Waals surface area contributed by atoms with Gasteiger partial charge in [0.1, 0.15) is 5.82 Å². The number of carbonyl (C=O) groups excluding carboxylic acids is 2. The molecule has 142 valence electrons. The smallest absolute Gasteiger partial charge is 0.254 e. The first-order valence-electron chi connectivity index (χ1n) is 9.39. The van der Waals surface area contributed by atoms with Gasteiger partial charge in [0.05, 0.1) is 0 Å². The Labute approximate surface area is 153 Å². The normalized spacial score (nSPS) is 19.3. The van der Waals surface area contributed by atoms with Gasteiger partial charge >= 0.3 is 0 Å². The SMILES string of the molecule is O=C(CCN1CCCN(C(=O)c2cccc(F)c2)CC1)N1CCNCC1. The monoisotopic (exact) mass is 362 g/mol. The molecule has 0 aliphatic carbocycles. The van der Waals surface area contributed by atoms with E-state index in [1.54, 1.807) is 17.0 Å². The number of hydrogen-bond donors (Lipinski definition) is 1. The molecule has 2 aliphatic rings. The molecule has 0 saturated carbocycles. The van der Waals surface area contributed by atoms with E-state index < -0.39 is 5.82 Å². The number of rotatable bonds is 4. The fraction of sp³-hybridized carbons (Fsp3) is 0.579. The van der Waals surface area contributed by atoms with Crippen molar-refractivity contribution in [3.8, 4) is 0 Å². The molecular formula is C19H27FN4O2. The Kier molecular flexibility index (Phi) is 6.57. The number of nitrogens with zero attached hydrogens (tertiary/aromatic N) is 3. The van der Waals surface area contributed by atoms with Gasteiger partial charge in [0, 0.05) is 64.3 Å². The van der Waals surface area contributed by atoms with Crippen LogP contribution >= 0.6 is 0 Å². The molecule has 0 spiro atoms. The zero-order valence-electron chi connectivity index (χ0n) is 15.1. The van der Waals surface area contributed by atoms with Gasteiger partial charge in [0.25, 0.3) is 5.91 Å². The van der Waals surface area contributed by atoms with Crippen LogP contribution in [0.5, 0.6) is 0 Å². The minimum absolute atomic E-state index is 0.122. The second-order valence-electron chi connectivity index (χ2n) is 6.88. The van der Waals surface area contributed by atoms with Crippen LogP contribution in [0.1, 0.15) is 23.2 Å². The predicted octanol–water partition coefficient (Wildman–Crippen LogP) is 0.796. The Bertz CT molecular complexity index is 634. The molecule has 2 amide bonds. The molecule has 0 aromatic heterocycles. The Hall–Kier alpha value is -1.99. The molecule has 2 heterocycles. The average Bonchev–Trinajstić information content (AvgIpc) is 2.92. The van der Waals surface area contributed by atoms with Gasteiger partial charge in [-0.2, -0.15) is 0 Å². The number of piperazine rings is 1. The number of amides is 2. The molecule has 7 heteroatoms. The van der Waals surface area contributed by atoms with Crippen molar-refractivity contribution in [3.63, 3.8) is 0 Å². The van der Waals surface area contributed by atoms with Crippen molar-refractivity contribution in [2.45, 2.75) is 12.8 Å². The fourth-order valence-electron chi connectivity index (χ4n) is 3.53. The summed E-state index contributed by atoms with van der Waals surface area (Å²) in [5, 5.41) is 3.25. The van der Waals surface area contributed by atoms with Crippen molar-refractivity contribution in [2.24, 2.45) is 0 Å². The number of benzene rings is 1. The molecule has 0 unspecified atom stereocenters. The van der Waals surface area contributed by atoms with Crippen molar-refractivity contribution in [1.29, 1.82) is 0 Å². The van der Waals surface area contributed by atoms with Crippen molar-refractivity contribution in [3.05, 3.63) is 35.6 Å². The number of halogens is 1. The van der Waals surface area contributed by atoms with Crippen molar-refractivity contribution in [1.82, 2.24) is 20.0 Å². The molecule has 6 nitrogen and oxygen atoms in total. The van der Waals surface area contributed by atoms with E-state index in [0.29, 0.717) is 25.1 Å². The van der Waals surface area contributed by atoms with E-state index in [1.165, 1.54) is 12.1 Å². The molecule has 2 fully saturated rings. The van der Waals surface area contributed by atoms with E-state index in [9.17, 15) is 14.0 Å². The number of nitrogens with one attached hydrogen (secondary N) is 1. The van der Waals surface area contributed by atoms with Crippen LogP contribution in [-0.4, -0.2) is 85.4 Å². The summed E-state index contributed by atoms with van der Waals surface area (Å²) in [5.41, 5.74) is 0.396. The Morgan fingerprint density at radius 1 is 1.00 bits per heavy atom. The fourth-order valence-corrected chi connectivity index (χ4v) is 3.53. The number of hydrogen-bond acceptors (Lipinski definition) is 4. The largest absolute Gasteiger partial charge is 0.340 e. The first-order chi connectivity index (χ1) is 12.6. The summed E-state index contributed by atoms with van der Waals surface area (Å²) in [6.45, 7) is 6.93. The molecule has 2 aliphatic heterocycles. The lowest BCUT2D eigenvalue weighted by Gasteiger charge is -2.28. The lowest BCUT2D eigenvalue weighted by atomic mass is 10.2. The molecule has 1 aromatic rings. The third kappa shape index (κ3) is 5.02. The van der Waals surface area contributed by atoms with Gasteiger partial charge in [-0.15, -0.1) is 0 Å². The van der Waals surface area contributed by atoms with Crippen LogP contribution in [0, 0.1) is 5.82 Å². The highest BCUT2D eigenvalue weighted by molar-refractivity contribution is 5.94. The highest BCUT2D eigenvalue weighted by atomic mass is 19.1. The maximum absolute atomic E-state index is 13.3. The van der Waals surface area contributed by atoms with Gasteiger partial charge in [-0.05, 0) is 31.2 Å². The molecule has 3 rings (SSSR count). The van der Waals surface area contributed by atoms with E-state index in [-0.39, 0.29) is 11.8 Å². The van der Waals surface area contributed by atoms with Crippen molar-refractivity contribution < 1.29 is 14.0 Å². The molecular weight excluding hydrogens is 335 g/mol. The van der Waals surface area contributed by atoms with Crippen LogP contribution in [0.15, 0.2) is 24.3 Å². The summed E-state index contributed by atoms with van der Waals surface area (Å²) in [6.07, 6.45) is 1.39. The van der Waals surface area contributed by atoms with Crippen LogP contribution in [0.2, 0.25) is 0 Å². The summed E-state index contributed by atoms with van der Waals surface area (Å²) >= 11 is 0. The minimum Gasteiger partial charge on any atom is -0.340 e. The third-order valence-electron chi connectivity index (χ3n) is 5.06. The van der Waals surface area contributed by atoms with Crippen LogP contribution in [0.25, 0.3) is 0 Å². The van der Waals surface area contributed by atoms with Gasteiger partial charge < -0.3 is 20.0 Å². The Morgan fingerprint density at radius 3 is 2.58 bits per heavy atom. The van der Waals surface area contributed by atoms with E-state index in [1.807, 2.05) is 4.90 Å². The van der Waals surface area contributed by atoms with E-state index in [2.05, 4.69) is 10.2 Å². The van der Waals surface area contributed by atoms with Crippen LogP contribution in [-0.2, 0) is 4.79 Å². The maximum atomic E-state index is 13.3. The maximum Gasteiger partial charge on any atom is 0.254 e. The highest BCUT2D eigenvalue weighted by Crippen LogP contribution is 2.11. The summed E-state index contributed by atoms with van der Waals surface area (Å²) < 4.78 is 13.3. The summed E-state index contributed by atoms with van der Waals surface area (Å²) in [4.78, 5) is 30.8. The lowest BCUT2D eigenvalue weighted by Crippen LogP contribution is -2.47. The van der Waals surface area contributed by atoms with E-state index >= 15 is 0 Å². The zero-order valence-corrected chi connectivity index (χ0v) is 15.1. The first-order valence-corrected chi connectivity index (χ1v) is 9.39. The number of carbonyl (C=O) groups is 2. The predicted molar refractivity (Wildman–Crippen MR) is 97.4 cm³/mol. The van der Waals surface area contributed by atoms with Crippen LogP contribution in [0.4, 0.5) is 4.39 Å². The van der Waals surface area contributed by atoms with E-state index in [0.717, 1.165) is 52.2 Å². The van der Waals surface area contributed by atoms with E-state index in [4.69, 9.17) is 0 Å². The third-order valence-corrected chi connectivity index (χ3v) is 5.06. The summed E-state index contributed by atoms with van der Waals surface area (Å²) in [7, 11) is 0. The van der Waals surface area contributed by atoms with Gasteiger partial charge in [0.15, 0.2) is 0 Å². The molecule has 1 aromatic carbocycles. The Balaban J connectivity index is 1.47. The zero-order chi connectivity index (χ0) is 18.4. The molecule has 0 bridgehead atoms.